The Bertz CT molecular complexity index is 1470. The van der Waals surface area contributed by atoms with Crippen molar-refractivity contribution >= 4 is 57.7 Å². The van der Waals surface area contributed by atoms with Gasteiger partial charge in [-0.1, -0.05) is 30.3 Å². The van der Waals surface area contributed by atoms with Crippen LogP contribution in [0.15, 0.2) is 83.1 Å². The van der Waals surface area contributed by atoms with Crippen LogP contribution >= 0.6 is 23.1 Å². The van der Waals surface area contributed by atoms with E-state index in [1.807, 2.05) is 35.7 Å². The number of carboxylic acid groups (broad SMARTS) is 2. The standard InChI is InChI=1S/C26H19N3O6S2/c30-22(29-26-28-21(13-37-26)15-4-2-1-3-5-15)14-36-18-9-7-17(8-10-18)27-23(31)19-11-6-16(24(32)33)12-20(19)25(34)35/h1-13H,14H2,(H,27,31)(H,32,33)(H,34,35)(H,28,29,30). The SMILES string of the molecule is O=C(CSc1ccc(NC(=O)c2ccc(C(=O)O)cc2C(=O)O)cc1)Nc1nc(-c2ccccc2)cs1. The fraction of sp³-hybridized carbons (Fsp3) is 0.0385. The zero-order chi connectivity index (χ0) is 26.4. The summed E-state index contributed by atoms with van der Waals surface area (Å²) in [5.74, 6) is -3.44. The molecule has 0 unspecified atom stereocenters. The third-order valence-electron chi connectivity index (χ3n) is 5.04. The Hall–Kier alpha value is -4.48. The first-order valence-corrected chi connectivity index (χ1v) is 12.6. The lowest BCUT2D eigenvalue weighted by atomic mass is 10.0. The highest BCUT2D eigenvalue weighted by Crippen LogP contribution is 2.26. The van der Waals surface area contributed by atoms with Crippen molar-refractivity contribution < 1.29 is 29.4 Å². The van der Waals surface area contributed by atoms with Gasteiger partial charge >= 0.3 is 11.9 Å². The summed E-state index contributed by atoms with van der Waals surface area (Å²) in [7, 11) is 0. The molecule has 1 aromatic heterocycles. The number of aromatic nitrogens is 1. The topological polar surface area (TPSA) is 146 Å². The number of carbonyl (C=O) groups excluding carboxylic acids is 2. The van der Waals surface area contributed by atoms with Crippen molar-refractivity contribution in [2.75, 3.05) is 16.4 Å². The van der Waals surface area contributed by atoms with Crippen LogP contribution in [0.1, 0.15) is 31.1 Å². The van der Waals surface area contributed by atoms with Crippen LogP contribution in [0.25, 0.3) is 11.3 Å². The fourth-order valence-electron chi connectivity index (χ4n) is 3.26. The number of nitrogens with zero attached hydrogens (tertiary/aromatic N) is 1. The van der Waals surface area contributed by atoms with Crippen LogP contribution in [-0.4, -0.2) is 44.7 Å². The Balaban J connectivity index is 1.32. The molecule has 0 bridgehead atoms. The smallest absolute Gasteiger partial charge is 0.336 e. The highest BCUT2D eigenvalue weighted by molar-refractivity contribution is 8.00. The number of carbonyl (C=O) groups is 4. The van der Waals surface area contributed by atoms with Gasteiger partial charge in [-0.15, -0.1) is 23.1 Å². The number of rotatable bonds is 9. The molecule has 1 heterocycles. The number of hydrogen-bond donors (Lipinski definition) is 4. The summed E-state index contributed by atoms with van der Waals surface area (Å²) in [6.45, 7) is 0. The molecule has 9 nitrogen and oxygen atoms in total. The number of hydrogen-bond acceptors (Lipinski definition) is 7. The summed E-state index contributed by atoms with van der Waals surface area (Å²) >= 11 is 2.65. The summed E-state index contributed by atoms with van der Waals surface area (Å²) in [4.78, 5) is 52.8. The van der Waals surface area contributed by atoms with Gasteiger partial charge in [-0.25, -0.2) is 14.6 Å². The van der Waals surface area contributed by atoms with E-state index < -0.39 is 23.4 Å². The highest BCUT2D eigenvalue weighted by atomic mass is 32.2. The quantitative estimate of drug-likeness (QED) is 0.215. The molecule has 0 aliphatic rings. The molecule has 37 heavy (non-hydrogen) atoms. The summed E-state index contributed by atoms with van der Waals surface area (Å²) < 4.78 is 0. The minimum Gasteiger partial charge on any atom is -0.478 e. The molecule has 0 fully saturated rings. The van der Waals surface area contributed by atoms with Crippen LogP contribution in [0.3, 0.4) is 0 Å². The van der Waals surface area contributed by atoms with Crippen LogP contribution in [0.2, 0.25) is 0 Å². The van der Waals surface area contributed by atoms with Crippen LogP contribution in [0, 0.1) is 0 Å². The van der Waals surface area contributed by atoms with E-state index in [1.54, 1.807) is 24.3 Å². The largest absolute Gasteiger partial charge is 0.478 e. The summed E-state index contributed by atoms with van der Waals surface area (Å²) in [5.41, 5.74) is 1.37. The molecule has 0 saturated carbocycles. The van der Waals surface area contributed by atoms with E-state index in [2.05, 4.69) is 15.6 Å². The van der Waals surface area contributed by atoms with Gasteiger partial charge in [-0.2, -0.15) is 0 Å². The van der Waals surface area contributed by atoms with E-state index in [0.29, 0.717) is 10.8 Å². The van der Waals surface area contributed by atoms with Gasteiger partial charge in [0.15, 0.2) is 5.13 Å². The van der Waals surface area contributed by atoms with Crippen molar-refractivity contribution in [1.82, 2.24) is 4.98 Å². The van der Waals surface area contributed by atoms with Gasteiger partial charge in [0.1, 0.15) is 0 Å². The minimum absolute atomic E-state index is 0.157. The molecule has 4 rings (SSSR count). The Morgan fingerprint density at radius 3 is 2.24 bits per heavy atom. The molecule has 0 spiro atoms. The summed E-state index contributed by atoms with van der Waals surface area (Å²) in [6.07, 6.45) is 0. The number of thiazole rings is 1. The second-order valence-electron chi connectivity index (χ2n) is 7.59. The number of nitrogens with one attached hydrogen (secondary N) is 2. The molecule has 3 aromatic carbocycles. The second-order valence-corrected chi connectivity index (χ2v) is 9.50. The van der Waals surface area contributed by atoms with E-state index in [-0.39, 0.29) is 22.8 Å². The molecular formula is C26H19N3O6S2. The monoisotopic (exact) mass is 533 g/mol. The van der Waals surface area contributed by atoms with Gasteiger partial charge in [0.25, 0.3) is 5.91 Å². The molecule has 11 heteroatoms. The summed E-state index contributed by atoms with van der Waals surface area (Å²) in [6, 6.07) is 19.6. The molecule has 0 radical (unpaired) electrons. The zero-order valence-corrected chi connectivity index (χ0v) is 20.6. The minimum atomic E-state index is -1.41. The lowest BCUT2D eigenvalue weighted by molar-refractivity contribution is -0.113. The Labute approximate surface area is 219 Å². The highest BCUT2D eigenvalue weighted by Gasteiger charge is 2.19. The lowest BCUT2D eigenvalue weighted by Crippen LogP contribution is -2.17. The Kier molecular flexibility index (Phi) is 7.96. The maximum absolute atomic E-state index is 12.6. The number of anilines is 2. The number of benzene rings is 3. The van der Waals surface area contributed by atoms with Crippen LogP contribution < -0.4 is 10.6 Å². The van der Waals surface area contributed by atoms with Gasteiger partial charge in [0.05, 0.1) is 28.1 Å². The number of carboxylic acids is 2. The predicted molar refractivity (Wildman–Crippen MR) is 142 cm³/mol. The molecule has 0 aliphatic heterocycles. The molecule has 4 aromatic rings. The number of aromatic carboxylic acids is 2. The number of thioether (sulfide) groups is 1. The van der Waals surface area contributed by atoms with Crippen molar-refractivity contribution in [3.05, 3.63) is 94.9 Å². The first kappa shape index (κ1) is 25.6. The van der Waals surface area contributed by atoms with Crippen molar-refractivity contribution in [2.45, 2.75) is 4.90 Å². The summed E-state index contributed by atoms with van der Waals surface area (Å²) in [5, 5.41) is 26.2. The van der Waals surface area contributed by atoms with Gasteiger partial charge in [0, 0.05) is 21.5 Å². The van der Waals surface area contributed by atoms with Crippen molar-refractivity contribution in [3.63, 3.8) is 0 Å². The Morgan fingerprint density at radius 1 is 0.838 bits per heavy atom. The lowest BCUT2D eigenvalue weighted by Gasteiger charge is -2.09. The van der Waals surface area contributed by atoms with Crippen LogP contribution in [0.4, 0.5) is 10.8 Å². The first-order chi connectivity index (χ1) is 17.8. The molecule has 0 saturated heterocycles. The van der Waals surface area contributed by atoms with E-state index in [0.717, 1.165) is 28.3 Å². The van der Waals surface area contributed by atoms with Gasteiger partial charge < -0.3 is 20.8 Å². The molecule has 0 atom stereocenters. The van der Waals surface area contributed by atoms with E-state index in [9.17, 15) is 24.3 Å². The maximum Gasteiger partial charge on any atom is 0.336 e. The third kappa shape index (κ3) is 6.60. The van der Waals surface area contributed by atoms with Crippen LogP contribution in [-0.2, 0) is 4.79 Å². The normalized spacial score (nSPS) is 10.5. The van der Waals surface area contributed by atoms with Crippen LogP contribution in [0.5, 0.6) is 0 Å². The fourth-order valence-corrected chi connectivity index (χ4v) is 4.70. The predicted octanol–water partition coefficient (Wildman–Crippen LogP) is 5.19. The molecule has 2 amide bonds. The average Bonchev–Trinajstić information content (AvgIpc) is 3.36. The van der Waals surface area contributed by atoms with E-state index >= 15 is 0 Å². The van der Waals surface area contributed by atoms with E-state index in [1.165, 1.54) is 29.2 Å². The molecular weight excluding hydrogens is 514 g/mol. The molecule has 186 valence electrons. The average molecular weight is 534 g/mol. The van der Waals surface area contributed by atoms with Gasteiger partial charge in [0.2, 0.25) is 5.91 Å². The van der Waals surface area contributed by atoms with Gasteiger partial charge in [-0.3, -0.25) is 9.59 Å². The van der Waals surface area contributed by atoms with E-state index in [4.69, 9.17) is 5.11 Å². The third-order valence-corrected chi connectivity index (χ3v) is 6.81. The Morgan fingerprint density at radius 2 is 1.57 bits per heavy atom. The van der Waals surface area contributed by atoms with Crippen molar-refractivity contribution in [1.29, 1.82) is 0 Å². The zero-order valence-electron chi connectivity index (χ0n) is 19.0. The van der Waals surface area contributed by atoms with Gasteiger partial charge in [-0.05, 0) is 42.5 Å². The molecule has 0 aliphatic carbocycles. The number of amides is 2. The van der Waals surface area contributed by atoms with Crippen molar-refractivity contribution in [3.8, 4) is 11.3 Å². The second kappa shape index (κ2) is 11.5. The molecule has 4 N–H and O–H groups in total. The maximum atomic E-state index is 12.6. The first-order valence-electron chi connectivity index (χ1n) is 10.8. The van der Waals surface area contributed by atoms with Crippen molar-refractivity contribution in [2.24, 2.45) is 0 Å².